The van der Waals surface area contributed by atoms with E-state index in [1.165, 1.54) is 14.2 Å². The number of fused-ring (bicyclic) bond motifs is 1. The molecule has 2 N–H and O–H groups in total. The lowest BCUT2D eigenvalue weighted by Gasteiger charge is -2.13. The van der Waals surface area contributed by atoms with Crippen molar-refractivity contribution >= 4 is 28.6 Å². The van der Waals surface area contributed by atoms with Crippen LogP contribution in [0, 0.1) is 0 Å². The topological polar surface area (TPSA) is 102 Å². The fraction of sp³-hybridized carbons (Fsp3) is 0.167. The van der Waals surface area contributed by atoms with Crippen LogP contribution in [-0.2, 0) is 4.79 Å². The fourth-order valence-corrected chi connectivity index (χ4v) is 3.42. The summed E-state index contributed by atoms with van der Waals surface area (Å²) in [7, 11) is 2.97. The smallest absolute Gasteiger partial charge is 0.321 e. The minimum atomic E-state index is -1.02. The molecule has 26 heavy (non-hydrogen) atoms. The number of benzene rings is 2. The molecule has 0 aliphatic rings. The Balaban J connectivity index is 2.05. The van der Waals surface area contributed by atoms with Crippen LogP contribution in [0.2, 0.25) is 0 Å². The Labute approximate surface area is 153 Å². The summed E-state index contributed by atoms with van der Waals surface area (Å²) in [5.41, 5.74) is 0.627. The lowest BCUT2D eigenvalue weighted by Crippen LogP contribution is -2.13. The number of nitrogens with zero attached hydrogens (tertiary/aromatic N) is 1. The van der Waals surface area contributed by atoms with E-state index in [2.05, 4.69) is 9.97 Å². The molecule has 0 amide bonds. The zero-order chi connectivity index (χ0) is 18.7. The first-order valence-corrected chi connectivity index (χ1v) is 8.52. The quantitative estimate of drug-likeness (QED) is 0.507. The molecule has 0 saturated carbocycles. The van der Waals surface area contributed by atoms with Crippen LogP contribution >= 0.6 is 11.8 Å². The van der Waals surface area contributed by atoms with E-state index in [0.717, 1.165) is 11.8 Å². The van der Waals surface area contributed by atoms with Gasteiger partial charge >= 0.3 is 5.97 Å². The number of aliphatic carboxylic acids is 1. The van der Waals surface area contributed by atoms with Gasteiger partial charge in [-0.05, 0) is 11.6 Å². The van der Waals surface area contributed by atoms with Crippen LogP contribution in [0.5, 0.6) is 11.5 Å². The largest absolute Gasteiger partial charge is 0.493 e. The average Bonchev–Trinajstić information content (AvgIpc) is 2.65. The molecule has 0 aliphatic carbocycles. The molecule has 8 heteroatoms. The summed E-state index contributed by atoms with van der Waals surface area (Å²) in [6.07, 6.45) is 0. The first kappa shape index (κ1) is 17.8. The number of aromatic amines is 1. The Kier molecular flexibility index (Phi) is 5.13. The van der Waals surface area contributed by atoms with Crippen LogP contribution in [0.1, 0.15) is 10.8 Å². The number of carbonyl (C=O) groups is 1. The number of aromatic nitrogens is 2. The molecule has 2 aromatic carbocycles. The number of H-pyrrole nitrogens is 1. The van der Waals surface area contributed by atoms with Crippen molar-refractivity contribution in [2.24, 2.45) is 0 Å². The number of thioether (sulfide) groups is 1. The zero-order valence-corrected chi connectivity index (χ0v) is 14.9. The van der Waals surface area contributed by atoms with E-state index in [9.17, 15) is 14.7 Å². The highest BCUT2D eigenvalue weighted by Crippen LogP contribution is 2.35. The van der Waals surface area contributed by atoms with E-state index >= 15 is 0 Å². The second-order valence-electron chi connectivity index (χ2n) is 5.34. The summed E-state index contributed by atoms with van der Waals surface area (Å²) < 4.78 is 10.4. The Morgan fingerprint density at radius 2 is 1.81 bits per heavy atom. The van der Waals surface area contributed by atoms with Gasteiger partial charge in [0.1, 0.15) is 5.25 Å². The number of carboxylic acid groups (broad SMARTS) is 1. The highest BCUT2D eigenvalue weighted by Gasteiger charge is 2.23. The highest BCUT2D eigenvalue weighted by molar-refractivity contribution is 8.00. The first-order chi connectivity index (χ1) is 12.5. The molecule has 0 aliphatic heterocycles. The van der Waals surface area contributed by atoms with Gasteiger partial charge in [0.25, 0.3) is 5.56 Å². The number of rotatable bonds is 6. The molecule has 3 aromatic rings. The van der Waals surface area contributed by atoms with Gasteiger partial charge in [-0.1, -0.05) is 42.1 Å². The van der Waals surface area contributed by atoms with Crippen LogP contribution < -0.4 is 15.0 Å². The minimum absolute atomic E-state index is 0.214. The maximum absolute atomic E-state index is 12.4. The molecule has 0 spiro atoms. The zero-order valence-electron chi connectivity index (χ0n) is 14.1. The van der Waals surface area contributed by atoms with E-state index in [1.54, 1.807) is 36.4 Å². The van der Waals surface area contributed by atoms with Crippen molar-refractivity contribution in [3.63, 3.8) is 0 Å². The standard InChI is InChI=1S/C18H16N2O5S/c1-24-13-8-11-12(9-14(13)25-2)19-18(20-16(11)21)26-15(17(22)23)10-6-4-3-5-7-10/h3-9,15H,1-2H3,(H,22,23)(H,19,20,21)/t15-/m0/s1. The number of carboxylic acids is 1. The van der Waals surface area contributed by atoms with Gasteiger partial charge < -0.3 is 19.6 Å². The molecule has 0 saturated heterocycles. The van der Waals surface area contributed by atoms with Crippen molar-refractivity contribution in [2.45, 2.75) is 10.4 Å². The summed E-state index contributed by atoms with van der Waals surface area (Å²) in [4.78, 5) is 31.1. The molecule has 1 heterocycles. The molecular weight excluding hydrogens is 356 g/mol. The first-order valence-electron chi connectivity index (χ1n) is 7.64. The fourth-order valence-electron chi connectivity index (χ4n) is 2.50. The van der Waals surface area contributed by atoms with Crippen molar-refractivity contribution < 1.29 is 19.4 Å². The van der Waals surface area contributed by atoms with Gasteiger partial charge in [0.2, 0.25) is 0 Å². The number of hydrogen-bond donors (Lipinski definition) is 2. The van der Waals surface area contributed by atoms with Crippen molar-refractivity contribution in [1.29, 1.82) is 0 Å². The van der Waals surface area contributed by atoms with E-state index < -0.39 is 11.2 Å². The predicted molar refractivity (Wildman–Crippen MR) is 98.1 cm³/mol. The van der Waals surface area contributed by atoms with Gasteiger partial charge in [0.15, 0.2) is 16.7 Å². The molecule has 0 unspecified atom stereocenters. The summed E-state index contributed by atoms with van der Waals surface area (Å²) in [6, 6.07) is 11.9. The third-order valence-corrected chi connectivity index (χ3v) is 4.87. The van der Waals surface area contributed by atoms with E-state index in [4.69, 9.17) is 9.47 Å². The Hall–Kier alpha value is -3.00. The van der Waals surface area contributed by atoms with Crippen LogP contribution in [0.3, 0.4) is 0 Å². The van der Waals surface area contributed by atoms with Crippen LogP contribution in [-0.4, -0.2) is 35.3 Å². The molecule has 134 valence electrons. The van der Waals surface area contributed by atoms with Gasteiger partial charge in [-0.2, -0.15) is 0 Å². The van der Waals surface area contributed by atoms with Crippen LogP contribution in [0.25, 0.3) is 10.9 Å². The molecule has 7 nitrogen and oxygen atoms in total. The second-order valence-corrected chi connectivity index (χ2v) is 6.44. The van der Waals surface area contributed by atoms with Gasteiger partial charge in [-0.3, -0.25) is 9.59 Å². The van der Waals surface area contributed by atoms with Crippen molar-refractivity contribution in [2.75, 3.05) is 14.2 Å². The number of ether oxygens (including phenoxy) is 2. The normalized spacial score (nSPS) is 11.9. The Morgan fingerprint density at radius 1 is 1.15 bits per heavy atom. The molecule has 1 aromatic heterocycles. The van der Waals surface area contributed by atoms with E-state index in [1.807, 2.05) is 6.07 Å². The molecule has 0 fully saturated rings. The average molecular weight is 372 g/mol. The lowest BCUT2D eigenvalue weighted by atomic mass is 10.1. The Bertz CT molecular complexity index is 1000. The van der Waals surface area contributed by atoms with Crippen molar-refractivity contribution in [1.82, 2.24) is 9.97 Å². The van der Waals surface area contributed by atoms with Gasteiger partial charge in [0, 0.05) is 6.07 Å². The van der Waals surface area contributed by atoms with Crippen molar-refractivity contribution in [3.05, 3.63) is 58.4 Å². The third-order valence-electron chi connectivity index (χ3n) is 3.75. The summed E-state index contributed by atoms with van der Waals surface area (Å²) in [5.74, 6) is -0.163. The maximum Gasteiger partial charge on any atom is 0.321 e. The summed E-state index contributed by atoms with van der Waals surface area (Å²) >= 11 is 0.964. The SMILES string of the molecule is COc1cc2nc(S[C@H](C(=O)O)c3ccccc3)[nH]c(=O)c2cc1OC. The molecule has 0 bridgehead atoms. The number of methoxy groups -OCH3 is 2. The number of nitrogens with one attached hydrogen (secondary N) is 1. The minimum Gasteiger partial charge on any atom is -0.493 e. The van der Waals surface area contributed by atoms with Gasteiger partial charge in [-0.25, -0.2) is 4.98 Å². The molecule has 0 radical (unpaired) electrons. The Morgan fingerprint density at radius 3 is 2.42 bits per heavy atom. The molecule has 1 atom stereocenters. The highest BCUT2D eigenvalue weighted by atomic mass is 32.2. The van der Waals surface area contributed by atoms with Crippen molar-refractivity contribution in [3.8, 4) is 11.5 Å². The number of hydrogen-bond acceptors (Lipinski definition) is 6. The predicted octanol–water partition coefficient (Wildman–Crippen LogP) is 2.86. The van der Waals surface area contributed by atoms with E-state index in [-0.39, 0.29) is 10.7 Å². The van der Waals surface area contributed by atoms with Gasteiger partial charge in [0.05, 0.1) is 25.1 Å². The monoisotopic (exact) mass is 372 g/mol. The maximum atomic E-state index is 12.4. The van der Waals surface area contributed by atoms with Crippen LogP contribution in [0.15, 0.2) is 52.4 Å². The van der Waals surface area contributed by atoms with Gasteiger partial charge in [-0.15, -0.1) is 0 Å². The van der Waals surface area contributed by atoms with E-state index in [0.29, 0.717) is 28.0 Å². The molecule has 3 rings (SSSR count). The van der Waals surface area contributed by atoms with Crippen LogP contribution in [0.4, 0.5) is 0 Å². The third kappa shape index (κ3) is 3.50. The summed E-state index contributed by atoms with van der Waals surface area (Å²) in [6.45, 7) is 0. The second kappa shape index (κ2) is 7.49. The lowest BCUT2D eigenvalue weighted by molar-refractivity contribution is -0.136. The summed E-state index contributed by atoms with van der Waals surface area (Å²) in [5, 5.41) is 9.20. The molecular formula is C18H16N2O5S.